The van der Waals surface area contributed by atoms with E-state index >= 15 is 0 Å². The zero-order chi connectivity index (χ0) is 39.0. The van der Waals surface area contributed by atoms with Gasteiger partial charge in [0, 0.05) is 18.5 Å². The maximum atomic E-state index is 14.4. The molecule has 0 spiro atoms. The van der Waals surface area contributed by atoms with Gasteiger partial charge >= 0.3 is 12.2 Å². The van der Waals surface area contributed by atoms with Gasteiger partial charge in [-0.25, -0.2) is 18.7 Å². The maximum Gasteiger partial charge on any atom is 0.410 e. The topological polar surface area (TPSA) is 194 Å². The molecule has 2 aromatic rings. The van der Waals surface area contributed by atoms with Crippen LogP contribution < -0.4 is 15.4 Å². The van der Waals surface area contributed by atoms with Gasteiger partial charge in [-0.15, -0.1) is 0 Å². The number of carbonyl (C=O) groups is 5. The zero-order valence-electron chi connectivity index (χ0n) is 30.9. The molecule has 5 amide bonds. The Labute approximate surface area is 313 Å². The van der Waals surface area contributed by atoms with Crippen molar-refractivity contribution in [3.63, 3.8) is 0 Å². The van der Waals surface area contributed by atoms with Crippen molar-refractivity contribution in [3.8, 4) is 0 Å². The van der Waals surface area contributed by atoms with Gasteiger partial charge in [0.25, 0.3) is 15.9 Å². The summed E-state index contributed by atoms with van der Waals surface area (Å²) in [5, 5.41) is 5.02. The predicted octanol–water partition coefficient (Wildman–Crippen LogP) is 4.17. The fourth-order valence-electron chi connectivity index (χ4n) is 7.57. The van der Waals surface area contributed by atoms with E-state index in [-0.39, 0.29) is 44.8 Å². The number of ether oxygens (including phenoxy) is 2. The van der Waals surface area contributed by atoms with Crippen LogP contribution in [0.4, 0.5) is 14.0 Å². The normalized spacial score (nSPS) is 26.3. The van der Waals surface area contributed by atoms with Crippen LogP contribution in [-0.4, -0.2) is 84.0 Å². The Morgan fingerprint density at radius 3 is 2.43 bits per heavy atom. The Bertz CT molecular complexity index is 1910. The van der Waals surface area contributed by atoms with E-state index in [1.54, 1.807) is 39.8 Å². The van der Waals surface area contributed by atoms with E-state index in [2.05, 4.69) is 15.4 Å². The number of rotatable bonds is 5. The molecule has 3 aliphatic heterocycles. The van der Waals surface area contributed by atoms with Crippen molar-refractivity contribution < 1.29 is 50.7 Å². The lowest BCUT2D eigenvalue weighted by atomic mass is 10.0. The van der Waals surface area contributed by atoms with Crippen molar-refractivity contribution in [2.45, 2.75) is 133 Å². The maximum absolute atomic E-state index is 14.4. The predicted molar refractivity (Wildman–Crippen MR) is 189 cm³/mol. The van der Waals surface area contributed by atoms with Crippen LogP contribution in [0, 0.1) is 18.7 Å². The van der Waals surface area contributed by atoms with Crippen LogP contribution >= 0.6 is 0 Å². The van der Waals surface area contributed by atoms with Crippen LogP contribution in [0.2, 0.25) is 0 Å². The second-order valence-corrected chi connectivity index (χ2v) is 17.3. The molecular formula is C37H48FN5O10S. The molecule has 15 nitrogen and oxygen atoms in total. The number of hydrogen-bond donors (Lipinski definition) is 3. The van der Waals surface area contributed by atoms with Crippen molar-refractivity contribution in [2.75, 3.05) is 6.54 Å². The second kappa shape index (κ2) is 15.2. The van der Waals surface area contributed by atoms with Crippen LogP contribution in [0.5, 0.6) is 0 Å². The van der Waals surface area contributed by atoms with E-state index in [0.29, 0.717) is 29.7 Å². The summed E-state index contributed by atoms with van der Waals surface area (Å²) >= 11 is 0. The van der Waals surface area contributed by atoms with E-state index in [9.17, 15) is 36.8 Å². The minimum absolute atomic E-state index is 0.0124. The Balaban J connectivity index is 1.26. The second-order valence-electron chi connectivity index (χ2n) is 15.7. The van der Waals surface area contributed by atoms with Gasteiger partial charge in [0.2, 0.25) is 16.9 Å². The number of benzene rings is 1. The molecule has 0 unspecified atom stereocenters. The number of sulfonamides is 1. The molecule has 3 fully saturated rings. The third kappa shape index (κ3) is 8.66. The van der Waals surface area contributed by atoms with Crippen molar-refractivity contribution in [1.82, 2.24) is 25.2 Å². The SMILES string of the molecule is Cc1ccc(S(=O)(=O)NC(=O)[C@@]23C[C@@H]2CCCCCCC[C@H](NC(=O)OC(C)(C)C)C(=O)N2C[C@H](OC(=O)N4Cc5cccc(F)c5C4)C[C@H]2C(=O)N3)o1. The molecule has 294 valence electrons. The third-order valence-corrected chi connectivity index (χ3v) is 11.6. The van der Waals surface area contributed by atoms with Gasteiger partial charge in [0.15, 0.2) is 0 Å². The molecule has 0 radical (unpaired) electrons. The summed E-state index contributed by atoms with van der Waals surface area (Å²) in [6, 6.07) is 4.92. The molecular weight excluding hydrogens is 725 g/mol. The van der Waals surface area contributed by atoms with Gasteiger partial charge in [-0.3, -0.25) is 19.3 Å². The van der Waals surface area contributed by atoms with Crippen LogP contribution in [0.3, 0.4) is 0 Å². The Morgan fingerprint density at radius 2 is 1.74 bits per heavy atom. The molecule has 5 atom stereocenters. The molecule has 0 bridgehead atoms. The number of alkyl carbamates (subject to hydrolysis) is 1. The molecule has 6 rings (SSSR count). The highest BCUT2D eigenvalue weighted by molar-refractivity contribution is 7.89. The molecule has 1 aliphatic carbocycles. The summed E-state index contributed by atoms with van der Waals surface area (Å²) in [5.74, 6) is -2.76. The smallest absolute Gasteiger partial charge is 0.410 e. The molecule has 54 heavy (non-hydrogen) atoms. The Morgan fingerprint density at radius 1 is 1.02 bits per heavy atom. The van der Waals surface area contributed by atoms with Crippen LogP contribution in [0.25, 0.3) is 0 Å². The molecule has 4 aliphatic rings. The number of fused-ring (bicyclic) bond motifs is 3. The fraction of sp³-hybridized carbons (Fsp3) is 0.595. The van der Waals surface area contributed by atoms with Gasteiger partial charge in [-0.1, -0.05) is 44.2 Å². The first kappa shape index (κ1) is 39.0. The highest BCUT2D eigenvalue weighted by Gasteiger charge is 2.62. The number of carbonyl (C=O) groups excluding carboxylic acids is 5. The number of nitrogens with one attached hydrogen (secondary N) is 3. The average molecular weight is 774 g/mol. The van der Waals surface area contributed by atoms with E-state index in [1.807, 2.05) is 0 Å². The van der Waals surface area contributed by atoms with E-state index < -0.39 is 80.2 Å². The molecule has 4 heterocycles. The third-order valence-electron chi connectivity index (χ3n) is 10.4. The van der Waals surface area contributed by atoms with Gasteiger partial charge in [0.05, 0.1) is 13.1 Å². The van der Waals surface area contributed by atoms with E-state index in [0.717, 1.165) is 25.7 Å². The van der Waals surface area contributed by atoms with Gasteiger partial charge in [-0.2, -0.15) is 8.42 Å². The van der Waals surface area contributed by atoms with Crippen LogP contribution in [0.15, 0.2) is 39.8 Å². The number of aryl methyl sites for hydroxylation is 1. The van der Waals surface area contributed by atoms with Crippen LogP contribution in [0.1, 0.15) is 95.4 Å². The monoisotopic (exact) mass is 773 g/mol. The molecule has 1 saturated carbocycles. The summed E-state index contributed by atoms with van der Waals surface area (Å²) < 4.78 is 59.3. The van der Waals surface area contributed by atoms with Crippen molar-refractivity contribution >= 4 is 39.9 Å². The summed E-state index contributed by atoms with van der Waals surface area (Å²) in [6.45, 7) is 6.53. The van der Waals surface area contributed by atoms with Gasteiger partial charge < -0.3 is 29.4 Å². The molecule has 1 aromatic carbocycles. The average Bonchev–Trinajstić information content (AvgIpc) is 3.46. The largest absolute Gasteiger partial charge is 0.448 e. The first-order valence-corrected chi connectivity index (χ1v) is 19.9. The lowest BCUT2D eigenvalue weighted by molar-refractivity contribution is -0.141. The minimum atomic E-state index is -4.41. The Hall–Kier alpha value is -4.67. The lowest BCUT2D eigenvalue weighted by Gasteiger charge is -2.30. The lowest BCUT2D eigenvalue weighted by Crippen LogP contribution is -2.58. The standard InChI is InChI=1S/C37H48FN5O10S/c1-22-15-16-30(51-22)54(49,50)41-33(46)37-18-24(37)12-8-6-5-7-9-14-28(39-34(47)53-36(2,3)4)32(45)43-20-25(17-29(43)31(44)40-37)52-35(48)42-19-23-11-10-13-27(38)26(23)21-42/h10-11,13,15-16,24-25,28-29H,5-9,12,14,17-21H2,1-4H3,(H,39,47)(H,40,44)(H,41,46)/t24-,25+,28-,29-,37+/m0/s1. The zero-order valence-corrected chi connectivity index (χ0v) is 31.8. The highest BCUT2D eigenvalue weighted by Crippen LogP contribution is 2.48. The Kier molecular flexibility index (Phi) is 11.0. The quantitative estimate of drug-likeness (QED) is 0.397. The summed E-state index contributed by atoms with van der Waals surface area (Å²) in [4.78, 5) is 71.3. The molecule has 17 heteroatoms. The number of halogens is 1. The van der Waals surface area contributed by atoms with Crippen molar-refractivity contribution in [1.29, 1.82) is 0 Å². The number of hydrogen-bond acceptors (Lipinski definition) is 10. The van der Waals surface area contributed by atoms with Crippen LogP contribution in [-0.2, 0) is 47.0 Å². The number of amides is 5. The van der Waals surface area contributed by atoms with E-state index in [1.165, 1.54) is 28.0 Å². The minimum Gasteiger partial charge on any atom is -0.448 e. The first-order valence-electron chi connectivity index (χ1n) is 18.4. The summed E-state index contributed by atoms with van der Waals surface area (Å²) in [6.07, 6.45) is 1.94. The van der Waals surface area contributed by atoms with Crippen molar-refractivity contribution in [2.24, 2.45) is 5.92 Å². The molecule has 1 aromatic heterocycles. The van der Waals surface area contributed by atoms with Gasteiger partial charge in [-0.05, 0) is 76.6 Å². The van der Waals surface area contributed by atoms with E-state index in [4.69, 9.17) is 13.9 Å². The first-order chi connectivity index (χ1) is 25.5. The highest BCUT2D eigenvalue weighted by atomic mass is 32.2. The van der Waals surface area contributed by atoms with Gasteiger partial charge in [0.1, 0.15) is 40.9 Å². The number of furan rings is 1. The molecule has 2 saturated heterocycles. The summed E-state index contributed by atoms with van der Waals surface area (Å²) in [5.41, 5.74) is -1.41. The fourth-order valence-corrected chi connectivity index (χ4v) is 8.58. The van der Waals surface area contributed by atoms with Crippen molar-refractivity contribution in [3.05, 3.63) is 53.0 Å². The molecule has 3 N–H and O–H groups in total. The number of nitrogens with zero attached hydrogens (tertiary/aromatic N) is 2. The summed E-state index contributed by atoms with van der Waals surface area (Å²) in [7, 11) is -4.41.